The molecule has 1 atom stereocenters. The fourth-order valence-electron chi connectivity index (χ4n) is 3.76. The van der Waals surface area contributed by atoms with Crippen molar-refractivity contribution in [2.45, 2.75) is 26.7 Å². The number of hydrogen-bond acceptors (Lipinski definition) is 2. The second-order valence-electron chi connectivity index (χ2n) is 7.62. The monoisotopic (exact) mass is 364 g/mol. The quantitative estimate of drug-likeness (QED) is 0.830. The Morgan fingerprint density at radius 3 is 2.07 bits per heavy atom. The average Bonchev–Trinajstić information content (AvgIpc) is 2.68. The lowest BCUT2D eigenvalue weighted by Crippen LogP contribution is -2.52. The van der Waals surface area contributed by atoms with Crippen LogP contribution in [0.4, 0.5) is 0 Å². The lowest BCUT2D eigenvalue weighted by Gasteiger charge is -2.37. The van der Waals surface area contributed by atoms with Crippen molar-refractivity contribution < 1.29 is 9.59 Å². The van der Waals surface area contributed by atoms with Gasteiger partial charge in [-0.25, -0.2) is 0 Å². The molecule has 1 saturated heterocycles. The number of aryl methyl sites for hydroxylation is 1. The number of hydrogen-bond donors (Lipinski definition) is 0. The van der Waals surface area contributed by atoms with E-state index in [1.54, 1.807) is 0 Å². The minimum absolute atomic E-state index is 0.0502. The van der Waals surface area contributed by atoms with E-state index in [0.29, 0.717) is 26.2 Å². The summed E-state index contributed by atoms with van der Waals surface area (Å²) in [5.41, 5.74) is 2.87. The molecule has 1 heterocycles. The molecule has 3 rings (SSSR count). The van der Waals surface area contributed by atoms with Gasteiger partial charge in [0.25, 0.3) is 5.91 Å². The van der Waals surface area contributed by atoms with Crippen LogP contribution in [0.25, 0.3) is 0 Å². The predicted molar refractivity (Wildman–Crippen MR) is 108 cm³/mol. The topological polar surface area (TPSA) is 40.6 Å². The van der Waals surface area contributed by atoms with Crippen LogP contribution in [0.1, 0.15) is 41.3 Å². The van der Waals surface area contributed by atoms with Crippen LogP contribution >= 0.6 is 0 Å². The number of carbonyl (C=O) groups excluding carboxylic acids is 2. The van der Waals surface area contributed by atoms with Gasteiger partial charge in [0, 0.05) is 31.7 Å². The third-order valence-electron chi connectivity index (χ3n) is 5.23. The molecular weight excluding hydrogens is 336 g/mol. The van der Waals surface area contributed by atoms with E-state index in [-0.39, 0.29) is 23.7 Å². The van der Waals surface area contributed by atoms with Crippen molar-refractivity contribution in [2.24, 2.45) is 5.92 Å². The summed E-state index contributed by atoms with van der Waals surface area (Å²) in [6.07, 6.45) is 0. The van der Waals surface area contributed by atoms with Gasteiger partial charge in [0.2, 0.25) is 5.91 Å². The molecule has 1 aliphatic rings. The van der Waals surface area contributed by atoms with Crippen LogP contribution in [-0.4, -0.2) is 47.8 Å². The Hall–Kier alpha value is -2.62. The first-order valence-corrected chi connectivity index (χ1v) is 9.67. The van der Waals surface area contributed by atoms with Gasteiger partial charge >= 0.3 is 0 Å². The maximum atomic E-state index is 13.2. The second kappa shape index (κ2) is 8.38. The molecule has 0 radical (unpaired) electrons. The van der Waals surface area contributed by atoms with Gasteiger partial charge < -0.3 is 9.80 Å². The SMILES string of the molecule is Cc1cccc(C(=O)N2CCN(C(=O)C(c3ccccc3)C(C)C)CC2)c1. The highest BCUT2D eigenvalue weighted by atomic mass is 16.2. The molecule has 0 aliphatic carbocycles. The Morgan fingerprint density at radius 2 is 1.48 bits per heavy atom. The van der Waals surface area contributed by atoms with Crippen LogP contribution in [0.5, 0.6) is 0 Å². The molecule has 1 fully saturated rings. The van der Waals surface area contributed by atoms with Gasteiger partial charge in [-0.1, -0.05) is 61.9 Å². The van der Waals surface area contributed by atoms with Gasteiger partial charge in [-0.15, -0.1) is 0 Å². The number of benzene rings is 2. The van der Waals surface area contributed by atoms with Crippen LogP contribution < -0.4 is 0 Å². The minimum atomic E-state index is -0.134. The van der Waals surface area contributed by atoms with E-state index in [2.05, 4.69) is 13.8 Å². The lowest BCUT2D eigenvalue weighted by atomic mass is 9.87. The average molecular weight is 364 g/mol. The third kappa shape index (κ3) is 4.38. The molecular formula is C23H28N2O2. The Labute approximate surface area is 161 Å². The molecule has 4 heteroatoms. The van der Waals surface area contributed by atoms with E-state index in [1.807, 2.05) is 71.3 Å². The van der Waals surface area contributed by atoms with Gasteiger partial charge in [-0.2, -0.15) is 0 Å². The fourth-order valence-corrected chi connectivity index (χ4v) is 3.76. The Bertz CT molecular complexity index is 793. The highest BCUT2D eigenvalue weighted by molar-refractivity contribution is 5.94. The maximum absolute atomic E-state index is 13.2. The van der Waals surface area contributed by atoms with Gasteiger partial charge in [0.05, 0.1) is 5.92 Å². The summed E-state index contributed by atoms with van der Waals surface area (Å²) in [6.45, 7) is 8.51. The van der Waals surface area contributed by atoms with Gasteiger partial charge in [-0.05, 0) is 30.5 Å². The molecule has 0 bridgehead atoms. The first-order valence-electron chi connectivity index (χ1n) is 9.67. The highest BCUT2D eigenvalue weighted by Crippen LogP contribution is 2.27. The standard InChI is InChI=1S/C23H28N2O2/c1-17(2)21(19-9-5-4-6-10-19)23(27)25-14-12-24(13-15-25)22(26)20-11-7-8-18(3)16-20/h4-11,16-17,21H,12-15H2,1-3H3. The van der Waals surface area contributed by atoms with Crippen LogP contribution in [0, 0.1) is 12.8 Å². The summed E-state index contributed by atoms with van der Waals surface area (Å²) < 4.78 is 0. The van der Waals surface area contributed by atoms with E-state index >= 15 is 0 Å². The summed E-state index contributed by atoms with van der Waals surface area (Å²) in [4.78, 5) is 29.6. The zero-order chi connectivity index (χ0) is 19.4. The van der Waals surface area contributed by atoms with E-state index in [4.69, 9.17) is 0 Å². The number of amides is 2. The van der Waals surface area contributed by atoms with Gasteiger partial charge in [0.15, 0.2) is 0 Å². The van der Waals surface area contributed by atoms with Crippen molar-refractivity contribution >= 4 is 11.8 Å². The van der Waals surface area contributed by atoms with Crippen molar-refractivity contribution in [3.05, 3.63) is 71.3 Å². The van der Waals surface area contributed by atoms with Crippen molar-refractivity contribution in [3.8, 4) is 0 Å². The van der Waals surface area contributed by atoms with Crippen LogP contribution in [-0.2, 0) is 4.79 Å². The molecule has 0 saturated carbocycles. The van der Waals surface area contributed by atoms with E-state index in [9.17, 15) is 9.59 Å². The van der Waals surface area contributed by atoms with Crippen molar-refractivity contribution in [1.82, 2.24) is 9.80 Å². The molecule has 0 aromatic heterocycles. The summed E-state index contributed by atoms with van der Waals surface area (Å²) in [5, 5.41) is 0. The molecule has 0 spiro atoms. The largest absolute Gasteiger partial charge is 0.339 e. The molecule has 2 aromatic rings. The number of rotatable bonds is 4. The Kier molecular flexibility index (Phi) is 5.94. The summed E-state index contributed by atoms with van der Waals surface area (Å²) >= 11 is 0. The number of nitrogens with zero attached hydrogens (tertiary/aromatic N) is 2. The predicted octanol–water partition coefficient (Wildman–Crippen LogP) is 3.72. The fraction of sp³-hybridized carbons (Fsp3) is 0.391. The smallest absolute Gasteiger partial charge is 0.253 e. The molecule has 2 amide bonds. The zero-order valence-corrected chi connectivity index (χ0v) is 16.4. The Morgan fingerprint density at radius 1 is 0.852 bits per heavy atom. The molecule has 27 heavy (non-hydrogen) atoms. The minimum Gasteiger partial charge on any atom is -0.339 e. The molecule has 4 nitrogen and oxygen atoms in total. The first-order chi connectivity index (χ1) is 13.0. The zero-order valence-electron chi connectivity index (χ0n) is 16.4. The van der Waals surface area contributed by atoms with Gasteiger partial charge in [0.1, 0.15) is 0 Å². The summed E-state index contributed by atoms with van der Waals surface area (Å²) in [6, 6.07) is 17.7. The van der Waals surface area contributed by atoms with E-state index < -0.39 is 0 Å². The molecule has 1 aliphatic heterocycles. The summed E-state index contributed by atoms with van der Waals surface area (Å²) in [5.74, 6) is 0.310. The van der Waals surface area contributed by atoms with Crippen LogP contribution in [0.3, 0.4) is 0 Å². The van der Waals surface area contributed by atoms with E-state index in [1.165, 1.54) is 0 Å². The summed E-state index contributed by atoms with van der Waals surface area (Å²) in [7, 11) is 0. The normalized spacial score (nSPS) is 15.7. The van der Waals surface area contributed by atoms with Crippen molar-refractivity contribution in [3.63, 3.8) is 0 Å². The maximum Gasteiger partial charge on any atom is 0.253 e. The highest BCUT2D eigenvalue weighted by Gasteiger charge is 2.31. The third-order valence-corrected chi connectivity index (χ3v) is 5.23. The molecule has 1 unspecified atom stereocenters. The van der Waals surface area contributed by atoms with E-state index in [0.717, 1.165) is 16.7 Å². The van der Waals surface area contributed by atoms with Crippen molar-refractivity contribution in [2.75, 3.05) is 26.2 Å². The molecule has 0 N–H and O–H groups in total. The number of piperazine rings is 1. The second-order valence-corrected chi connectivity index (χ2v) is 7.62. The van der Waals surface area contributed by atoms with Gasteiger partial charge in [-0.3, -0.25) is 9.59 Å². The van der Waals surface area contributed by atoms with Crippen LogP contribution in [0.2, 0.25) is 0 Å². The van der Waals surface area contributed by atoms with Crippen molar-refractivity contribution in [1.29, 1.82) is 0 Å². The first kappa shape index (κ1) is 19.2. The molecule has 2 aromatic carbocycles. The molecule has 142 valence electrons. The van der Waals surface area contributed by atoms with Crippen LogP contribution in [0.15, 0.2) is 54.6 Å². The Balaban J connectivity index is 1.66. The lowest BCUT2D eigenvalue weighted by molar-refractivity contribution is -0.135. The number of carbonyl (C=O) groups is 2.